The summed E-state index contributed by atoms with van der Waals surface area (Å²) in [5.74, 6) is 1.02. The van der Waals surface area contributed by atoms with Crippen molar-refractivity contribution in [3.05, 3.63) is 82.8 Å². The molecule has 0 aliphatic carbocycles. The number of aromatic nitrogens is 2. The Hall–Kier alpha value is -3.41. The number of carbonyl (C=O) groups excluding carboxylic acids is 1. The van der Waals surface area contributed by atoms with Gasteiger partial charge in [0, 0.05) is 18.8 Å². The normalized spacial score (nSPS) is 10.2. The van der Waals surface area contributed by atoms with Gasteiger partial charge in [-0.2, -0.15) is 5.10 Å². The molecule has 1 N–H and O–H groups in total. The van der Waals surface area contributed by atoms with Gasteiger partial charge in [-0.25, -0.2) is 4.68 Å². The molecule has 0 bridgehead atoms. The van der Waals surface area contributed by atoms with Crippen molar-refractivity contribution in [3.8, 4) is 11.5 Å². The number of carbonyl (C=O) groups is 1. The predicted octanol–water partition coefficient (Wildman–Crippen LogP) is 2.82. The monoisotopic (exact) mass is 321 g/mol. The van der Waals surface area contributed by atoms with Gasteiger partial charge >= 0.3 is 0 Å². The van der Waals surface area contributed by atoms with Gasteiger partial charge in [-0.1, -0.05) is 18.2 Å². The lowest BCUT2D eigenvalue weighted by molar-refractivity contribution is 0.102. The smallest absolute Gasteiger partial charge is 0.276 e. The largest absolute Gasteiger partial charge is 0.457 e. The van der Waals surface area contributed by atoms with Crippen molar-refractivity contribution >= 4 is 11.6 Å². The number of para-hydroxylation sites is 1. The molecule has 0 radical (unpaired) electrons. The minimum absolute atomic E-state index is 0.168. The summed E-state index contributed by atoms with van der Waals surface area (Å²) in [5, 5.41) is 6.63. The van der Waals surface area contributed by atoms with Crippen LogP contribution in [-0.4, -0.2) is 15.7 Å². The predicted molar refractivity (Wildman–Crippen MR) is 90.4 cm³/mol. The van der Waals surface area contributed by atoms with Crippen LogP contribution in [0, 0.1) is 0 Å². The van der Waals surface area contributed by atoms with Crippen molar-refractivity contribution in [2.45, 2.75) is 0 Å². The van der Waals surface area contributed by atoms with Crippen LogP contribution >= 0.6 is 0 Å². The molecule has 3 rings (SSSR count). The first kappa shape index (κ1) is 15.5. The summed E-state index contributed by atoms with van der Waals surface area (Å²) in [7, 11) is 1.49. The molecule has 24 heavy (non-hydrogen) atoms. The topological polar surface area (TPSA) is 73.2 Å². The Balaban J connectivity index is 1.68. The van der Waals surface area contributed by atoms with E-state index in [0.717, 1.165) is 10.4 Å². The Morgan fingerprint density at radius 3 is 2.29 bits per heavy atom. The molecule has 0 atom stereocenters. The summed E-state index contributed by atoms with van der Waals surface area (Å²) in [6.07, 6.45) is 0. The highest BCUT2D eigenvalue weighted by Crippen LogP contribution is 2.22. The molecule has 0 spiro atoms. The van der Waals surface area contributed by atoms with Gasteiger partial charge in [0.25, 0.3) is 11.5 Å². The van der Waals surface area contributed by atoms with Crippen LogP contribution in [0.5, 0.6) is 11.5 Å². The molecule has 0 saturated heterocycles. The van der Waals surface area contributed by atoms with E-state index in [4.69, 9.17) is 4.74 Å². The summed E-state index contributed by atoms with van der Waals surface area (Å²) in [4.78, 5) is 23.4. The Kier molecular flexibility index (Phi) is 4.38. The van der Waals surface area contributed by atoms with Crippen LogP contribution in [-0.2, 0) is 7.05 Å². The van der Waals surface area contributed by atoms with Crippen LogP contribution in [0.3, 0.4) is 0 Å². The van der Waals surface area contributed by atoms with E-state index in [1.165, 1.54) is 19.2 Å². The summed E-state index contributed by atoms with van der Waals surface area (Å²) in [6.45, 7) is 0. The van der Waals surface area contributed by atoms with E-state index in [2.05, 4.69) is 10.4 Å². The molecule has 0 saturated carbocycles. The third-order valence-corrected chi connectivity index (χ3v) is 3.28. The summed E-state index contributed by atoms with van der Waals surface area (Å²) in [6, 6.07) is 19.1. The molecule has 0 aliphatic heterocycles. The molecular formula is C18H15N3O3. The number of nitrogens with one attached hydrogen (secondary N) is 1. The number of rotatable bonds is 4. The van der Waals surface area contributed by atoms with Crippen molar-refractivity contribution in [1.82, 2.24) is 9.78 Å². The fourth-order valence-electron chi connectivity index (χ4n) is 2.05. The second-order valence-corrected chi connectivity index (χ2v) is 5.07. The highest BCUT2D eigenvalue weighted by molar-refractivity contribution is 6.02. The Labute approximate surface area is 138 Å². The summed E-state index contributed by atoms with van der Waals surface area (Å²) in [5.41, 5.74) is 0.506. The fourth-order valence-corrected chi connectivity index (χ4v) is 2.05. The lowest BCUT2D eigenvalue weighted by Crippen LogP contribution is -2.23. The molecule has 6 nitrogen and oxygen atoms in total. The van der Waals surface area contributed by atoms with E-state index < -0.39 is 0 Å². The van der Waals surface area contributed by atoms with Crippen molar-refractivity contribution < 1.29 is 9.53 Å². The standard InChI is InChI=1S/C18H15N3O3/c1-21-17(22)12-11-16(20-21)18(23)19-13-7-9-15(10-8-13)24-14-5-3-2-4-6-14/h2-12H,1H3,(H,19,23). The molecular weight excluding hydrogens is 306 g/mol. The SMILES string of the molecule is Cn1nc(C(=O)Nc2ccc(Oc3ccccc3)cc2)ccc1=O. The van der Waals surface area contributed by atoms with Crippen LogP contribution in [0.1, 0.15) is 10.5 Å². The third-order valence-electron chi connectivity index (χ3n) is 3.28. The first-order chi connectivity index (χ1) is 11.6. The van der Waals surface area contributed by atoms with Crippen molar-refractivity contribution in [2.24, 2.45) is 7.05 Å². The van der Waals surface area contributed by atoms with Crippen molar-refractivity contribution in [3.63, 3.8) is 0 Å². The maximum atomic E-state index is 12.1. The molecule has 3 aromatic rings. The average molecular weight is 321 g/mol. The Bertz CT molecular complexity index is 903. The van der Waals surface area contributed by atoms with Crippen LogP contribution in [0.15, 0.2) is 71.5 Å². The van der Waals surface area contributed by atoms with Gasteiger partial charge < -0.3 is 10.1 Å². The van der Waals surface area contributed by atoms with E-state index in [1.54, 1.807) is 24.3 Å². The molecule has 0 aliphatic rings. The van der Waals surface area contributed by atoms with E-state index >= 15 is 0 Å². The van der Waals surface area contributed by atoms with Gasteiger partial charge in [-0.05, 0) is 42.5 Å². The summed E-state index contributed by atoms with van der Waals surface area (Å²) < 4.78 is 6.81. The first-order valence-corrected chi connectivity index (χ1v) is 7.30. The Morgan fingerprint density at radius 2 is 1.62 bits per heavy atom. The number of hydrogen-bond acceptors (Lipinski definition) is 4. The van der Waals surface area contributed by atoms with Crippen molar-refractivity contribution in [1.29, 1.82) is 0 Å². The van der Waals surface area contributed by atoms with Gasteiger partial charge in [0.2, 0.25) is 0 Å². The van der Waals surface area contributed by atoms with E-state index in [9.17, 15) is 9.59 Å². The number of anilines is 1. The zero-order valence-corrected chi connectivity index (χ0v) is 13.0. The van der Waals surface area contributed by atoms with Crippen LogP contribution in [0.25, 0.3) is 0 Å². The zero-order valence-electron chi connectivity index (χ0n) is 13.0. The molecule has 1 aromatic heterocycles. The first-order valence-electron chi connectivity index (χ1n) is 7.30. The molecule has 1 amide bonds. The second kappa shape index (κ2) is 6.78. The quantitative estimate of drug-likeness (QED) is 0.802. The fraction of sp³-hybridized carbons (Fsp3) is 0.0556. The number of aryl methyl sites for hydroxylation is 1. The number of ether oxygens (including phenoxy) is 1. The maximum Gasteiger partial charge on any atom is 0.276 e. The lowest BCUT2D eigenvalue weighted by atomic mass is 10.3. The highest BCUT2D eigenvalue weighted by Gasteiger charge is 2.09. The minimum Gasteiger partial charge on any atom is -0.457 e. The average Bonchev–Trinajstić information content (AvgIpc) is 2.60. The van der Waals surface area contributed by atoms with Crippen LogP contribution in [0.2, 0.25) is 0 Å². The van der Waals surface area contributed by atoms with Crippen molar-refractivity contribution in [2.75, 3.05) is 5.32 Å². The summed E-state index contributed by atoms with van der Waals surface area (Å²) >= 11 is 0. The maximum absolute atomic E-state index is 12.1. The molecule has 0 unspecified atom stereocenters. The van der Waals surface area contributed by atoms with Gasteiger partial charge in [-0.15, -0.1) is 0 Å². The van der Waals surface area contributed by atoms with Crippen LogP contribution in [0.4, 0.5) is 5.69 Å². The van der Waals surface area contributed by atoms with E-state index in [1.807, 2.05) is 30.3 Å². The molecule has 120 valence electrons. The van der Waals surface area contributed by atoms with Gasteiger partial charge in [0.1, 0.15) is 17.2 Å². The third kappa shape index (κ3) is 3.67. The highest BCUT2D eigenvalue weighted by atomic mass is 16.5. The van der Waals surface area contributed by atoms with Gasteiger partial charge in [-0.3, -0.25) is 9.59 Å². The van der Waals surface area contributed by atoms with E-state index in [0.29, 0.717) is 11.4 Å². The van der Waals surface area contributed by atoms with Gasteiger partial charge in [0.05, 0.1) is 0 Å². The van der Waals surface area contributed by atoms with Crippen LogP contribution < -0.4 is 15.6 Å². The Morgan fingerprint density at radius 1 is 0.958 bits per heavy atom. The minimum atomic E-state index is -0.387. The second-order valence-electron chi connectivity index (χ2n) is 5.07. The molecule has 2 aromatic carbocycles. The zero-order chi connectivity index (χ0) is 16.9. The molecule has 0 fully saturated rings. The lowest BCUT2D eigenvalue weighted by Gasteiger charge is -2.08. The number of hydrogen-bond donors (Lipinski definition) is 1. The van der Waals surface area contributed by atoms with Gasteiger partial charge in [0.15, 0.2) is 0 Å². The number of benzene rings is 2. The van der Waals surface area contributed by atoms with E-state index in [-0.39, 0.29) is 17.2 Å². The number of nitrogens with zero attached hydrogens (tertiary/aromatic N) is 2. The number of amides is 1. The molecule has 6 heteroatoms. The molecule has 1 heterocycles.